The lowest BCUT2D eigenvalue weighted by molar-refractivity contribution is 0.192. The van der Waals surface area contributed by atoms with E-state index in [2.05, 4.69) is 10.1 Å². The first kappa shape index (κ1) is 13.1. The normalized spacial score (nSPS) is 11.5. The number of carbonyl (C=O) groups is 1. The van der Waals surface area contributed by atoms with Gasteiger partial charge in [0.2, 0.25) is 0 Å². The molecule has 0 bridgehead atoms. The molecule has 0 saturated carbocycles. The van der Waals surface area contributed by atoms with Crippen molar-refractivity contribution >= 4 is 11.8 Å². The number of anilines is 1. The monoisotopic (exact) mass is 260 g/mol. The van der Waals surface area contributed by atoms with Gasteiger partial charge in [0, 0.05) is 35.1 Å². The number of pyridine rings is 1. The number of nitrogens with two attached hydrogens (primary N) is 1. The second-order valence-electron chi connectivity index (χ2n) is 5.38. The van der Waals surface area contributed by atoms with Gasteiger partial charge in [-0.1, -0.05) is 20.8 Å². The average Bonchev–Trinajstić information content (AvgIpc) is 2.73. The van der Waals surface area contributed by atoms with E-state index in [1.165, 1.54) is 6.20 Å². The summed E-state index contributed by atoms with van der Waals surface area (Å²) in [5.41, 5.74) is 8.16. The highest BCUT2D eigenvalue weighted by Crippen LogP contribution is 2.32. The third-order valence-electron chi connectivity index (χ3n) is 2.69. The predicted molar refractivity (Wildman–Crippen MR) is 72.0 cm³/mol. The summed E-state index contributed by atoms with van der Waals surface area (Å²) < 4.78 is 0.916. The zero-order chi connectivity index (χ0) is 14.2. The molecule has 0 aliphatic heterocycles. The lowest BCUT2D eigenvalue weighted by Gasteiger charge is -2.17. The van der Waals surface area contributed by atoms with Crippen molar-refractivity contribution in [3.05, 3.63) is 30.4 Å². The first-order valence-electron chi connectivity index (χ1n) is 5.83. The molecule has 2 rings (SSSR count). The third-order valence-corrected chi connectivity index (χ3v) is 2.69. The van der Waals surface area contributed by atoms with Crippen LogP contribution in [0.1, 0.15) is 26.5 Å². The highest BCUT2D eigenvalue weighted by atomic mass is 16.4. The van der Waals surface area contributed by atoms with Crippen LogP contribution in [0.3, 0.4) is 0 Å². The number of nitrogens with zero attached hydrogens (tertiary/aromatic N) is 3. The van der Waals surface area contributed by atoms with Gasteiger partial charge in [-0.05, 0) is 6.07 Å². The minimum absolute atomic E-state index is 0.277. The van der Waals surface area contributed by atoms with Crippen LogP contribution >= 0.6 is 0 Å². The summed E-state index contributed by atoms with van der Waals surface area (Å²) in [6, 6.07) is 1.76. The molecule has 2 aromatic heterocycles. The van der Waals surface area contributed by atoms with Crippen molar-refractivity contribution in [2.24, 2.45) is 0 Å². The lowest BCUT2D eigenvalue weighted by atomic mass is 9.88. The Morgan fingerprint density at radius 2 is 2.05 bits per heavy atom. The molecular weight excluding hydrogens is 244 g/mol. The van der Waals surface area contributed by atoms with Crippen LogP contribution in [0.2, 0.25) is 0 Å². The van der Waals surface area contributed by atoms with E-state index >= 15 is 0 Å². The highest BCUT2D eigenvalue weighted by molar-refractivity contribution is 5.74. The Morgan fingerprint density at radius 3 is 2.58 bits per heavy atom. The molecule has 6 heteroatoms. The van der Waals surface area contributed by atoms with Gasteiger partial charge in [-0.15, -0.1) is 0 Å². The zero-order valence-corrected chi connectivity index (χ0v) is 11.1. The molecule has 0 radical (unpaired) electrons. The van der Waals surface area contributed by atoms with Crippen LogP contribution in [-0.4, -0.2) is 26.0 Å². The Labute approximate surface area is 110 Å². The smallest absolute Gasteiger partial charge is 0.432 e. The summed E-state index contributed by atoms with van der Waals surface area (Å²) in [6.45, 7) is 5.93. The summed E-state index contributed by atoms with van der Waals surface area (Å²) in [4.78, 5) is 15.1. The van der Waals surface area contributed by atoms with Gasteiger partial charge in [-0.2, -0.15) is 9.78 Å². The Morgan fingerprint density at radius 1 is 1.37 bits per heavy atom. The van der Waals surface area contributed by atoms with Crippen molar-refractivity contribution in [1.29, 1.82) is 0 Å². The van der Waals surface area contributed by atoms with E-state index in [4.69, 9.17) is 10.8 Å². The standard InChI is InChI=1S/C13H16N4O2/c1-13(2,3)11-10(7-17(16-11)12(18)19)8-4-9(14)6-15-5-8/h4-7H,14H2,1-3H3,(H,18,19). The molecule has 3 N–H and O–H groups in total. The van der Waals surface area contributed by atoms with Crippen LogP contribution in [0.5, 0.6) is 0 Å². The van der Waals surface area contributed by atoms with E-state index in [1.807, 2.05) is 20.8 Å². The second-order valence-corrected chi connectivity index (χ2v) is 5.38. The van der Waals surface area contributed by atoms with Crippen LogP contribution in [0.4, 0.5) is 10.5 Å². The van der Waals surface area contributed by atoms with Gasteiger partial charge in [0.15, 0.2) is 0 Å². The fourth-order valence-corrected chi connectivity index (χ4v) is 1.84. The Balaban J connectivity index is 2.64. The van der Waals surface area contributed by atoms with Crippen molar-refractivity contribution in [2.45, 2.75) is 26.2 Å². The Hall–Kier alpha value is -2.37. The van der Waals surface area contributed by atoms with Gasteiger partial charge < -0.3 is 10.8 Å². The van der Waals surface area contributed by atoms with E-state index in [0.717, 1.165) is 15.8 Å². The van der Waals surface area contributed by atoms with Crippen LogP contribution in [0, 0.1) is 0 Å². The lowest BCUT2D eigenvalue weighted by Crippen LogP contribution is -2.15. The Kier molecular flexibility index (Phi) is 3.01. The van der Waals surface area contributed by atoms with Gasteiger partial charge >= 0.3 is 6.09 Å². The third kappa shape index (κ3) is 2.57. The molecule has 0 amide bonds. The van der Waals surface area contributed by atoms with Crippen molar-refractivity contribution in [2.75, 3.05) is 5.73 Å². The predicted octanol–water partition coefficient (Wildman–Crippen LogP) is 2.35. The first-order chi connectivity index (χ1) is 8.79. The van der Waals surface area contributed by atoms with E-state index in [0.29, 0.717) is 11.4 Å². The largest absolute Gasteiger partial charge is 0.463 e. The van der Waals surface area contributed by atoms with Gasteiger partial charge in [-0.25, -0.2) is 4.79 Å². The summed E-state index contributed by atoms with van der Waals surface area (Å²) in [7, 11) is 0. The van der Waals surface area contributed by atoms with Gasteiger partial charge in [0.25, 0.3) is 0 Å². The number of carboxylic acid groups (broad SMARTS) is 1. The van der Waals surface area contributed by atoms with Crippen LogP contribution < -0.4 is 5.73 Å². The molecule has 0 unspecified atom stereocenters. The maximum atomic E-state index is 11.1. The van der Waals surface area contributed by atoms with Crippen molar-refractivity contribution in [3.8, 4) is 11.1 Å². The van der Waals surface area contributed by atoms with Crippen LogP contribution in [0.25, 0.3) is 11.1 Å². The van der Waals surface area contributed by atoms with E-state index in [1.54, 1.807) is 18.5 Å². The maximum absolute atomic E-state index is 11.1. The molecule has 0 aliphatic rings. The molecule has 100 valence electrons. The molecule has 6 nitrogen and oxygen atoms in total. The number of hydrogen-bond donors (Lipinski definition) is 2. The molecule has 0 spiro atoms. The topological polar surface area (TPSA) is 94.0 Å². The maximum Gasteiger partial charge on any atom is 0.432 e. The van der Waals surface area contributed by atoms with Crippen molar-refractivity contribution in [1.82, 2.24) is 14.8 Å². The minimum atomic E-state index is -1.12. The molecule has 2 heterocycles. The molecular formula is C13H16N4O2. The quantitative estimate of drug-likeness (QED) is 0.820. The SMILES string of the molecule is CC(C)(C)c1nn(C(=O)O)cc1-c1cncc(N)c1. The number of aromatic nitrogens is 3. The molecule has 2 aromatic rings. The van der Waals surface area contributed by atoms with Gasteiger partial charge in [-0.3, -0.25) is 4.98 Å². The van der Waals surface area contributed by atoms with Crippen molar-refractivity contribution in [3.63, 3.8) is 0 Å². The van der Waals surface area contributed by atoms with Gasteiger partial charge in [0.05, 0.1) is 11.4 Å². The van der Waals surface area contributed by atoms with Crippen LogP contribution in [-0.2, 0) is 5.41 Å². The van der Waals surface area contributed by atoms with E-state index in [-0.39, 0.29) is 5.41 Å². The highest BCUT2D eigenvalue weighted by Gasteiger charge is 2.24. The summed E-state index contributed by atoms with van der Waals surface area (Å²) in [5.74, 6) is 0. The summed E-state index contributed by atoms with van der Waals surface area (Å²) >= 11 is 0. The summed E-state index contributed by atoms with van der Waals surface area (Å²) in [6.07, 6.45) is 3.56. The number of rotatable bonds is 1. The van der Waals surface area contributed by atoms with Crippen molar-refractivity contribution < 1.29 is 9.90 Å². The molecule has 0 fully saturated rings. The summed E-state index contributed by atoms with van der Waals surface area (Å²) in [5, 5.41) is 13.2. The number of hydrogen-bond acceptors (Lipinski definition) is 4. The van der Waals surface area contributed by atoms with E-state index < -0.39 is 6.09 Å². The average molecular weight is 260 g/mol. The van der Waals surface area contributed by atoms with E-state index in [9.17, 15) is 4.79 Å². The second kappa shape index (κ2) is 4.38. The molecule has 0 atom stereocenters. The Bertz CT molecular complexity index is 626. The van der Waals surface area contributed by atoms with Gasteiger partial charge in [0.1, 0.15) is 0 Å². The molecule has 0 aromatic carbocycles. The number of nitrogen functional groups attached to an aromatic ring is 1. The van der Waals surface area contributed by atoms with Crippen LogP contribution in [0.15, 0.2) is 24.7 Å². The fourth-order valence-electron chi connectivity index (χ4n) is 1.84. The fraction of sp³-hybridized carbons (Fsp3) is 0.308. The molecule has 19 heavy (non-hydrogen) atoms. The minimum Gasteiger partial charge on any atom is -0.463 e. The first-order valence-corrected chi connectivity index (χ1v) is 5.83. The molecule has 0 aliphatic carbocycles. The zero-order valence-electron chi connectivity index (χ0n) is 11.1. The molecule has 0 saturated heterocycles.